The summed E-state index contributed by atoms with van der Waals surface area (Å²) in [5, 5.41) is 11.4. The van der Waals surface area contributed by atoms with Crippen molar-refractivity contribution in [1.82, 2.24) is 10.6 Å². The van der Waals surface area contributed by atoms with Crippen molar-refractivity contribution in [3.8, 4) is 0 Å². The number of fused-ring (bicyclic) bond motifs is 1. The van der Waals surface area contributed by atoms with Crippen LogP contribution in [0.25, 0.3) is 0 Å². The minimum absolute atomic E-state index is 0.947. The molecule has 2 heterocycles. The zero-order chi connectivity index (χ0) is 13.1. The van der Waals surface area contributed by atoms with Gasteiger partial charge in [0.05, 0.1) is 0 Å². The topological polar surface area (TPSA) is 24.1 Å². The second-order valence-corrected chi connectivity index (χ2v) is 5.96. The highest BCUT2D eigenvalue weighted by molar-refractivity contribution is 7.08. The first kappa shape index (κ1) is 12.9. The molecule has 0 unspecified atom stereocenters. The van der Waals surface area contributed by atoms with Gasteiger partial charge in [0.15, 0.2) is 0 Å². The zero-order valence-electron chi connectivity index (χ0n) is 11.3. The predicted molar refractivity (Wildman–Crippen MR) is 81.5 cm³/mol. The zero-order valence-corrected chi connectivity index (χ0v) is 12.1. The number of nitrogens with one attached hydrogen (secondary N) is 2. The van der Waals surface area contributed by atoms with E-state index < -0.39 is 0 Å². The van der Waals surface area contributed by atoms with Gasteiger partial charge in [0.25, 0.3) is 0 Å². The molecule has 0 amide bonds. The van der Waals surface area contributed by atoms with Crippen LogP contribution in [0.2, 0.25) is 0 Å². The third-order valence-corrected chi connectivity index (χ3v) is 4.67. The largest absolute Gasteiger partial charge is 0.312 e. The molecular formula is C16H20N2S. The van der Waals surface area contributed by atoms with Gasteiger partial charge in [-0.3, -0.25) is 0 Å². The highest BCUT2D eigenvalue weighted by atomic mass is 32.1. The molecule has 1 aromatic heterocycles. The molecule has 0 saturated carbocycles. The van der Waals surface area contributed by atoms with Crippen molar-refractivity contribution in [2.45, 2.75) is 33.0 Å². The maximum absolute atomic E-state index is 3.54. The maximum atomic E-state index is 3.54. The number of rotatable bonds is 4. The van der Waals surface area contributed by atoms with Crippen LogP contribution in [-0.4, -0.2) is 6.54 Å². The Morgan fingerprint density at radius 1 is 1.21 bits per heavy atom. The normalized spacial score (nSPS) is 14.4. The summed E-state index contributed by atoms with van der Waals surface area (Å²) in [6.45, 7) is 6.22. The molecule has 3 heteroatoms. The first-order valence-electron chi connectivity index (χ1n) is 6.87. The van der Waals surface area contributed by atoms with Gasteiger partial charge < -0.3 is 10.6 Å². The van der Waals surface area contributed by atoms with Gasteiger partial charge in [-0.1, -0.05) is 18.2 Å². The molecule has 100 valence electrons. The third-order valence-electron chi connectivity index (χ3n) is 3.76. The van der Waals surface area contributed by atoms with E-state index in [1.165, 1.54) is 27.8 Å². The average molecular weight is 272 g/mol. The Bertz CT molecular complexity index is 560. The minimum Gasteiger partial charge on any atom is -0.312 e. The van der Waals surface area contributed by atoms with Gasteiger partial charge in [-0.25, -0.2) is 0 Å². The van der Waals surface area contributed by atoms with Gasteiger partial charge in [-0.05, 0) is 58.5 Å². The molecule has 1 aliphatic rings. The maximum Gasteiger partial charge on any atom is 0.0219 e. The molecule has 0 saturated heterocycles. The van der Waals surface area contributed by atoms with Crippen molar-refractivity contribution in [2.75, 3.05) is 6.54 Å². The molecule has 0 aliphatic carbocycles. The summed E-state index contributed by atoms with van der Waals surface area (Å²) in [5.41, 5.74) is 7.18. The fourth-order valence-corrected chi connectivity index (χ4v) is 3.41. The standard InChI is InChI=1S/C16H20N2S/c1-12-10-19-11-16(12)9-18-7-13-2-3-14-4-5-17-8-15(14)6-13/h2-3,6,10-11,17-18H,4-5,7-9H2,1H3. The van der Waals surface area contributed by atoms with Crippen LogP contribution < -0.4 is 10.6 Å². The fourth-order valence-electron chi connectivity index (χ4n) is 2.55. The fraction of sp³-hybridized carbons (Fsp3) is 0.375. The first-order valence-corrected chi connectivity index (χ1v) is 7.81. The van der Waals surface area contributed by atoms with Crippen LogP contribution in [0.1, 0.15) is 27.8 Å². The molecule has 0 spiro atoms. The van der Waals surface area contributed by atoms with Crippen molar-refractivity contribution in [3.05, 3.63) is 56.8 Å². The molecule has 0 radical (unpaired) electrons. The molecule has 19 heavy (non-hydrogen) atoms. The van der Waals surface area contributed by atoms with E-state index in [2.05, 4.69) is 46.5 Å². The summed E-state index contributed by atoms with van der Waals surface area (Å²) in [5.74, 6) is 0. The lowest BCUT2D eigenvalue weighted by Gasteiger charge is -2.18. The summed E-state index contributed by atoms with van der Waals surface area (Å²) in [6, 6.07) is 6.90. The van der Waals surface area contributed by atoms with E-state index in [1.807, 2.05) is 0 Å². The lowest BCUT2D eigenvalue weighted by Crippen LogP contribution is -2.24. The monoisotopic (exact) mass is 272 g/mol. The number of aryl methyl sites for hydroxylation is 1. The molecule has 2 nitrogen and oxygen atoms in total. The summed E-state index contributed by atoms with van der Waals surface area (Å²) >= 11 is 1.78. The molecule has 0 bridgehead atoms. The Labute approximate surface area is 118 Å². The van der Waals surface area contributed by atoms with E-state index in [1.54, 1.807) is 11.3 Å². The SMILES string of the molecule is Cc1cscc1CNCc1ccc2c(c1)CNCC2. The lowest BCUT2D eigenvalue weighted by molar-refractivity contribution is 0.639. The first-order chi connectivity index (χ1) is 9.33. The Balaban J connectivity index is 1.59. The van der Waals surface area contributed by atoms with Crippen LogP contribution in [0.15, 0.2) is 29.0 Å². The van der Waals surface area contributed by atoms with Crippen molar-refractivity contribution in [3.63, 3.8) is 0 Å². The van der Waals surface area contributed by atoms with E-state index in [4.69, 9.17) is 0 Å². The quantitative estimate of drug-likeness (QED) is 0.894. The van der Waals surface area contributed by atoms with Crippen molar-refractivity contribution >= 4 is 11.3 Å². The Hall–Kier alpha value is -1.16. The van der Waals surface area contributed by atoms with Gasteiger partial charge in [0.1, 0.15) is 0 Å². The molecule has 3 rings (SSSR count). The van der Waals surface area contributed by atoms with Crippen LogP contribution in [0.3, 0.4) is 0 Å². The summed E-state index contributed by atoms with van der Waals surface area (Å²) in [6.07, 6.45) is 1.16. The van der Waals surface area contributed by atoms with Crippen LogP contribution in [0.4, 0.5) is 0 Å². The van der Waals surface area contributed by atoms with Crippen molar-refractivity contribution < 1.29 is 0 Å². The number of hydrogen-bond donors (Lipinski definition) is 2. The second kappa shape index (κ2) is 5.87. The smallest absolute Gasteiger partial charge is 0.0219 e. The van der Waals surface area contributed by atoms with Crippen LogP contribution in [-0.2, 0) is 26.1 Å². The lowest BCUT2D eigenvalue weighted by atomic mass is 9.98. The van der Waals surface area contributed by atoms with Crippen LogP contribution in [0, 0.1) is 6.92 Å². The average Bonchev–Trinajstić information content (AvgIpc) is 2.84. The number of hydrogen-bond acceptors (Lipinski definition) is 3. The number of benzene rings is 1. The highest BCUT2D eigenvalue weighted by Crippen LogP contribution is 2.16. The molecule has 2 aromatic rings. The molecule has 2 N–H and O–H groups in total. The van der Waals surface area contributed by atoms with E-state index >= 15 is 0 Å². The summed E-state index contributed by atoms with van der Waals surface area (Å²) in [7, 11) is 0. The van der Waals surface area contributed by atoms with E-state index in [0.29, 0.717) is 0 Å². The Kier molecular flexibility index (Phi) is 3.97. The molecule has 0 fully saturated rings. The van der Waals surface area contributed by atoms with E-state index in [9.17, 15) is 0 Å². The summed E-state index contributed by atoms with van der Waals surface area (Å²) in [4.78, 5) is 0. The molecular weight excluding hydrogens is 252 g/mol. The van der Waals surface area contributed by atoms with Crippen LogP contribution in [0.5, 0.6) is 0 Å². The van der Waals surface area contributed by atoms with Gasteiger partial charge in [0, 0.05) is 19.6 Å². The van der Waals surface area contributed by atoms with Crippen molar-refractivity contribution in [2.24, 2.45) is 0 Å². The van der Waals surface area contributed by atoms with Crippen LogP contribution >= 0.6 is 11.3 Å². The van der Waals surface area contributed by atoms with E-state index in [0.717, 1.165) is 32.6 Å². The van der Waals surface area contributed by atoms with Gasteiger partial charge in [0.2, 0.25) is 0 Å². The van der Waals surface area contributed by atoms with E-state index in [-0.39, 0.29) is 0 Å². The minimum atomic E-state index is 0.947. The second-order valence-electron chi connectivity index (χ2n) is 5.21. The van der Waals surface area contributed by atoms with Crippen molar-refractivity contribution in [1.29, 1.82) is 0 Å². The van der Waals surface area contributed by atoms with Gasteiger partial charge >= 0.3 is 0 Å². The third kappa shape index (κ3) is 3.06. The molecule has 0 atom stereocenters. The molecule has 1 aromatic carbocycles. The van der Waals surface area contributed by atoms with Gasteiger partial charge in [-0.2, -0.15) is 11.3 Å². The summed E-state index contributed by atoms with van der Waals surface area (Å²) < 4.78 is 0. The highest BCUT2D eigenvalue weighted by Gasteiger charge is 2.08. The molecule has 1 aliphatic heterocycles. The van der Waals surface area contributed by atoms with Gasteiger partial charge in [-0.15, -0.1) is 0 Å². The Morgan fingerprint density at radius 3 is 3.00 bits per heavy atom. The predicted octanol–water partition coefficient (Wildman–Crippen LogP) is 2.99. The number of thiophene rings is 1. The Morgan fingerprint density at radius 2 is 2.16 bits per heavy atom.